The Morgan fingerprint density at radius 2 is 1.62 bits per heavy atom. The minimum atomic E-state index is 0.387. The van der Waals surface area contributed by atoms with Crippen LogP contribution in [0.4, 0.5) is 0 Å². The van der Waals surface area contributed by atoms with Gasteiger partial charge in [-0.15, -0.1) is 0 Å². The highest BCUT2D eigenvalue weighted by atomic mass is 127. The van der Waals surface area contributed by atoms with Gasteiger partial charge in [0.2, 0.25) is 0 Å². The molecule has 2 aliphatic rings. The average Bonchev–Trinajstić information content (AvgIpc) is 2.52. The third kappa shape index (κ3) is 5.71. The Morgan fingerprint density at radius 3 is 2.24 bits per heavy atom. The Hall–Kier alpha value is 0.755. The normalized spacial score (nSPS) is 37.5. The van der Waals surface area contributed by atoms with E-state index in [4.69, 9.17) is 5.11 Å². The zero-order valence-corrected chi connectivity index (χ0v) is 16.1. The summed E-state index contributed by atoms with van der Waals surface area (Å²) in [5, 5.41) is 8.97. The van der Waals surface area contributed by atoms with Crippen molar-refractivity contribution in [3.63, 3.8) is 0 Å². The lowest BCUT2D eigenvalue weighted by molar-refractivity contribution is 0.144. The molecule has 0 bridgehead atoms. The van der Waals surface area contributed by atoms with Crippen LogP contribution < -0.4 is 0 Å². The Bertz CT molecular complexity index is 278. The summed E-state index contributed by atoms with van der Waals surface area (Å²) in [4.78, 5) is 0. The van der Waals surface area contributed by atoms with E-state index in [0.29, 0.717) is 6.61 Å². The summed E-state index contributed by atoms with van der Waals surface area (Å²) in [6.45, 7) is 0.387. The summed E-state index contributed by atoms with van der Waals surface area (Å²) in [5.41, 5.74) is 0. The quantitative estimate of drug-likeness (QED) is 0.373. The summed E-state index contributed by atoms with van der Waals surface area (Å²) in [7, 11) is 2.32. The van der Waals surface area contributed by atoms with Crippen LogP contribution in [0.1, 0.15) is 70.6 Å². The molecule has 3 unspecified atom stereocenters. The second-order valence-corrected chi connectivity index (χ2v) is 9.24. The fourth-order valence-electron chi connectivity index (χ4n) is 4.76. The lowest BCUT2D eigenvalue weighted by atomic mass is 9.68. The summed E-state index contributed by atoms with van der Waals surface area (Å²) in [6.07, 6.45) is 16.9. The second-order valence-electron chi connectivity index (χ2n) is 7.64. The molecule has 2 fully saturated rings. The molecule has 0 aromatic heterocycles. The third-order valence-electron chi connectivity index (χ3n) is 6.20. The zero-order valence-electron chi connectivity index (χ0n) is 13.9. The first kappa shape index (κ1) is 18.1. The van der Waals surface area contributed by atoms with E-state index in [1.54, 1.807) is 0 Å². The molecule has 0 heterocycles. The molecule has 21 heavy (non-hydrogen) atoms. The van der Waals surface area contributed by atoms with Crippen LogP contribution in [0.2, 0.25) is 6.32 Å². The van der Waals surface area contributed by atoms with Gasteiger partial charge in [0, 0.05) is 10.5 Å². The van der Waals surface area contributed by atoms with Crippen molar-refractivity contribution in [2.75, 3.05) is 6.61 Å². The summed E-state index contributed by atoms with van der Waals surface area (Å²) in [5.74, 6) is 4.00. The summed E-state index contributed by atoms with van der Waals surface area (Å²) >= 11 is 2.76. The minimum Gasteiger partial charge on any atom is -0.396 e. The average molecular weight is 404 g/mol. The molecule has 0 aromatic rings. The maximum absolute atomic E-state index is 8.97. The van der Waals surface area contributed by atoms with Gasteiger partial charge < -0.3 is 5.11 Å². The molecular formula is C18H34BIO. The zero-order chi connectivity index (χ0) is 15.1. The number of hydrogen-bond acceptors (Lipinski definition) is 1. The predicted molar refractivity (Wildman–Crippen MR) is 103 cm³/mol. The molecule has 2 aliphatic carbocycles. The van der Waals surface area contributed by atoms with Crippen molar-refractivity contribution in [1.82, 2.24) is 0 Å². The number of halogens is 1. The maximum Gasteiger partial charge on any atom is 0.101 e. The molecule has 122 valence electrons. The van der Waals surface area contributed by atoms with Gasteiger partial charge >= 0.3 is 0 Å². The van der Waals surface area contributed by atoms with Gasteiger partial charge in [-0.3, -0.25) is 0 Å². The smallest absolute Gasteiger partial charge is 0.101 e. The molecule has 0 aromatic carbocycles. The Morgan fingerprint density at radius 1 is 0.905 bits per heavy atom. The standard InChI is InChI=1S/C18H34BIO/c19-11-1-4-16-9-10-17(13-18(16)20)15-7-5-14(6-8-15)3-2-12-21/h14-18,21H,1-13,19H2. The van der Waals surface area contributed by atoms with Gasteiger partial charge in [-0.2, -0.15) is 0 Å². The highest BCUT2D eigenvalue weighted by Gasteiger charge is 2.34. The lowest BCUT2D eigenvalue weighted by Gasteiger charge is -2.40. The molecule has 1 N–H and O–H groups in total. The number of aliphatic hydroxyl groups is 1. The molecule has 0 saturated heterocycles. The predicted octanol–water partition coefficient (Wildman–Crippen LogP) is 4.62. The first-order chi connectivity index (χ1) is 10.2. The van der Waals surface area contributed by atoms with E-state index in [1.165, 1.54) is 70.5 Å². The van der Waals surface area contributed by atoms with Crippen molar-refractivity contribution in [3.8, 4) is 0 Å². The van der Waals surface area contributed by atoms with Crippen LogP contribution in [-0.4, -0.2) is 23.5 Å². The van der Waals surface area contributed by atoms with Gasteiger partial charge in [0.15, 0.2) is 0 Å². The number of aliphatic hydroxyl groups excluding tert-OH is 1. The molecule has 1 nitrogen and oxygen atoms in total. The largest absolute Gasteiger partial charge is 0.396 e. The minimum absolute atomic E-state index is 0.387. The van der Waals surface area contributed by atoms with Crippen LogP contribution >= 0.6 is 22.6 Å². The van der Waals surface area contributed by atoms with Gasteiger partial charge in [0.1, 0.15) is 7.85 Å². The molecular weight excluding hydrogens is 370 g/mol. The summed E-state index contributed by atoms with van der Waals surface area (Å²) < 4.78 is 0.944. The Kier molecular flexibility index (Phi) is 8.44. The molecule has 3 atom stereocenters. The van der Waals surface area contributed by atoms with Gasteiger partial charge in [-0.25, -0.2) is 0 Å². The fraction of sp³-hybridized carbons (Fsp3) is 1.00. The van der Waals surface area contributed by atoms with Crippen LogP contribution in [0.15, 0.2) is 0 Å². The van der Waals surface area contributed by atoms with Crippen LogP contribution in [0, 0.1) is 23.7 Å². The van der Waals surface area contributed by atoms with Crippen molar-refractivity contribution in [1.29, 1.82) is 0 Å². The first-order valence-electron chi connectivity index (χ1n) is 9.49. The molecule has 3 heteroatoms. The van der Waals surface area contributed by atoms with E-state index in [0.717, 1.165) is 34.0 Å². The molecule has 0 aliphatic heterocycles. The molecule has 0 radical (unpaired) electrons. The van der Waals surface area contributed by atoms with Gasteiger partial charge in [0.05, 0.1) is 0 Å². The van der Waals surface area contributed by atoms with Gasteiger partial charge in [-0.1, -0.05) is 54.6 Å². The van der Waals surface area contributed by atoms with Crippen molar-refractivity contribution in [2.24, 2.45) is 23.7 Å². The SMILES string of the molecule is BCCCC1CCC(C2CCC(CCCO)CC2)CC1I. The summed E-state index contributed by atoms with van der Waals surface area (Å²) in [6, 6.07) is 0. The number of alkyl halides is 1. The van der Waals surface area contributed by atoms with Crippen molar-refractivity contribution >= 4 is 30.4 Å². The third-order valence-corrected chi connectivity index (χ3v) is 7.73. The molecule has 0 amide bonds. The topological polar surface area (TPSA) is 20.2 Å². The van der Waals surface area contributed by atoms with E-state index in [-0.39, 0.29) is 0 Å². The van der Waals surface area contributed by atoms with Gasteiger partial charge in [0.25, 0.3) is 0 Å². The second kappa shape index (κ2) is 9.80. The van der Waals surface area contributed by atoms with E-state index in [9.17, 15) is 0 Å². The van der Waals surface area contributed by atoms with Crippen LogP contribution in [0.25, 0.3) is 0 Å². The number of hydrogen-bond donors (Lipinski definition) is 1. The van der Waals surface area contributed by atoms with Crippen molar-refractivity contribution in [2.45, 2.75) is 80.9 Å². The lowest BCUT2D eigenvalue weighted by Crippen LogP contribution is -2.31. The Balaban J connectivity index is 1.70. The highest BCUT2D eigenvalue weighted by Crippen LogP contribution is 2.45. The van der Waals surface area contributed by atoms with Crippen molar-refractivity contribution in [3.05, 3.63) is 0 Å². The van der Waals surface area contributed by atoms with E-state index in [1.807, 2.05) is 0 Å². The maximum atomic E-state index is 8.97. The van der Waals surface area contributed by atoms with E-state index < -0.39 is 0 Å². The van der Waals surface area contributed by atoms with Crippen LogP contribution in [0.3, 0.4) is 0 Å². The van der Waals surface area contributed by atoms with Crippen LogP contribution in [-0.2, 0) is 0 Å². The molecule has 2 rings (SSSR count). The first-order valence-corrected chi connectivity index (χ1v) is 10.7. The molecule has 2 saturated carbocycles. The van der Waals surface area contributed by atoms with Crippen LogP contribution in [0.5, 0.6) is 0 Å². The van der Waals surface area contributed by atoms with Gasteiger partial charge in [-0.05, 0) is 68.6 Å². The van der Waals surface area contributed by atoms with E-state index >= 15 is 0 Å². The monoisotopic (exact) mass is 404 g/mol. The number of rotatable bonds is 7. The fourth-order valence-corrected chi connectivity index (χ4v) is 6.13. The van der Waals surface area contributed by atoms with Crippen molar-refractivity contribution < 1.29 is 5.11 Å². The highest BCUT2D eigenvalue weighted by molar-refractivity contribution is 14.1. The Labute approximate surface area is 146 Å². The molecule has 0 spiro atoms. The van der Waals surface area contributed by atoms with E-state index in [2.05, 4.69) is 30.4 Å².